The highest BCUT2D eigenvalue weighted by molar-refractivity contribution is 6.30. The summed E-state index contributed by atoms with van der Waals surface area (Å²) >= 11 is 5.99. The van der Waals surface area contributed by atoms with Gasteiger partial charge < -0.3 is 5.32 Å². The second-order valence-corrected chi connectivity index (χ2v) is 6.17. The van der Waals surface area contributed by atoms with Gasteiger partial charge in [-0.2, -0.15) is 5.10 Å². The minimum Gasteiger partial charge on any atom is -0.300 e. The lowest BCUT2D eigenvalue weighted by atomic mass is 10.1. The summed E-state index contributed by atoms with van der Waals surface area (Å²) in [6.45, 7) is 0. The first kappa shape index (κ1) is 17.6. The van der Waals surface area contributed by atoms with Crippen molar-refractivity contribution in [3.05, 3.63) is 87.8 Å². The Morgan fingerprint density at radius 1 is 1.04 bits per heavy atom. The first-order valence-electron chi connectivity index (χ1n) is 8.17. The van der Waals surface area contributed by atoms with Crippen LogP contribution in [0.4, 0.5) is 5.82 Å². The van der Waals surface area contributed by atoms with Crippen molar-refractivity contribution in [2.75, 3.05) is 5.32 Å². The molecular weight excluding hydrogens is 382 g/mol. The van der Waals surface area contributed by atoms with Crippen LogP contribution in [0.5, 0.6) is 0 Å². The number of halogens is 1. The lowest BCUT2D eigenvalue weighted by Gasteiger charge is -2.07. The molecule has 9 heteroatoms. The molecule has 4 aromatic rings. The third kappa shape index (κ3) is 3.53. The third-order valence-corrected chi connectivity index (χ3v) is 4.10. The van der Waals surface area contributed by atoms with Gasteiger partial charge in [-0.3, -0.25) is 9.59 Å². The number of benzene rings is 2. The molecule has 0 saturated heterocycles. The average Bonchev–Trinajstić information content (AvgIpc) is 3.17. The standard InChI is InChI=1S/C19H12ClN5O3/c20-13-7-4-8-14(11-13)25-10-9-15(26)17(22-25)19(27)21-18-16(23-28-24-18)12-5-2-1-3-6-12/h1-11H,(H,21,24,27). The number of carbonyl (C=O) groups excluding carboxylic acids is 1. The molecule has 0 aliphatic heterocycles. The molecule has 0 saturated carbocycles. The maximum absolute atomic E-state index is 12.6. The molecule has 0 aliphatic carbocycles. The molecule has 0 spiro atoms. The zero-order valence-corrected chi connectivity index (χ0v) is 15.0. The summed E-state index contributed by atoms with van der Waals surface area (Å²) < 4.78 is 6.13. The van der Waals surface area contributed by atoms with Crippen LogP contribution in [-0.4, -0.2) is 26.0 Å². The summed E-state index contributed by atoms with van der Waals surface area (Å²) in [5.41, 5.74) is 0.823. The largest absolute Gasteiger partial charge is 0.300 e. The van der Waals surface area contributed by atoms with E-state index >= 15 is 0 Å². The molecule has 4 rings (SSSR count). The molecular formula is C19H12ClN5O3. The van der Waals surface area contributed by atoms with Gasteiger partial charge in [-0.05, 0) is 28.5 Å². The summed E-state index contributed by atoms with van der Waals surface area (Å²) in [7, 11) is 0. The van der Waals surface area contributed by atoms with Gasteiger partial charge in [-0.25, -0.2) is 9.31 Å². The van der Waals surface area contributed by atoms with E-state index in [9.17, 15) is 9.59 Å². The van der Waals surface area contributed by atoms with Crippen LogP contribution in [0.1, 0.15) is 10.5 Å². The monoisotopic (exact) mass is 393 g/mol. The molecule has 1 amide bonds. The third-order valence-electron chi connectivity index (χ3n) is 3.86. The molecule has 0 fully saturated rings. The van der Waals surface area contributed by atoms with Gasteiger partial charge >= 0.3 is 0 Å². The quantitative estimate of drug-likeness (QED) is 0.571. The Kier molecular flexibility index (Phi) is 4.69. The van der Waals surface area contributed by atoms with Crippen LogP contribution in [0.2, 0.25) is 5.02 Å². The van der Waals surface area contributed by atoms with Crippen LogP contribution < -0.4 is 10.7 Å². The zero-order chi connectivity index (χ0) is 19.5. The maximum atomic E-state index is 12.6. The highest BCUT2D eigenvalue weighted by Gasteiger charge is 2.19. The van der Waals surface area contributed by atoms with Crippen molar-refractivity contribution in [2.24, 2.45) is 0 Å². The molecule has 0 unspecified atom stereocenters. The number of hydrogen-bond donors (Lipinski definition) is 1. The number of hydrogen-bond acceptors (Lipinski definition) is 6. The molecule has 8 nitrogen and oxygen atoms in total. The number of rotatable bonds is 4. The van der Waals surface area contributed by atoms with E-state index in [-0.39, 0.29) is 11.5 Å². The highest BCUT2D eigenvalue weighted by Crippen LogP contribution is 2.24. The van der Waals surface area contributed by atoms with Gasteiger partial charge in [0.25, 0.3) is 5.91 Å². The fraction of sp³-hybridized carbons (Fsp3) is 0. The summed E-state index contributed by atoms with van der Waals surface area (Å²) in [5.74, 6) is -0.634. The van der Waals surface area contributed by atoms with Gasteiger partial charge in [-0.15, -0.1) is 0 Å². The first-order valence-corrected chi connectivity index (χ1v) is 8.55. The molecule has 28 heavy (non-hydrogen) atoms. The number of nitrogens with one attached hydrogen (secondary N) is 1. The second kappa shape index (κ2) is 7.45. The molecule has 2 aromatic carbocycles. The van der Waals surface area contributed by atoms with Crippen molar-refractivity contribution in [1.82, 2.24) is 20.1 Å². The first-order chi connectivity index (χ1) is 13.6. The van der Waals surface area contributed by atoms with Crippen LogP contribution in [0.15, 0.2) is 76.3 Å². The SMILES string of the molecule is O=C(Nc1nonc1-c1ccccc1)c1nn(-c2cccc(Cl)c2)ccc1=O. The van der Waals surface area contributed by atoms with E-state index in [2.05, 4.69) is 20.7 Å². The fourth-order valence-corrected chi connectivity index (χ4v) is 2.73. The molecule has 0 radical (unpaired) electrons. The van der Waals surface area contributed by atoms with Crippen molar-refractivity contribution in [3.63, 3.8) is 0 Å². The fourth-order valence-electron chi connectivity index (χ4n) is 2.55. The Balaban J connectivity index is 1.66. The number of aromatic nitrogens is 4. The minimum atomic E-state index is -0.728. The van der Waals surface area contributed by atoms with Crippen LogP contribution in [0, 0.1) is 0 Å². The van der Waals surface area contributed by atoms with Crippen molar-refractivity contribution < 1.29 is 9.42 Å². The van der Waals surface area contributed by atoms with E-state index in [0.717, 1.165) is 0 Å². The van der Waals surface area contributed by atoms with E-state index in [4.69, 9.17) is 16.2 Å². The van der Waals surface area contributed by atoms with Crippen LogP contribution in [0.25, 0.3) is 16.9 Å². The Labute approximate surface area is 163 Å². The normalized spacial score (nSPS) is 10.6. The van der Waals surface area contributed by atoms with E-state index in [1.54, 1.807) is 36.4 Å². The van der Waals surface area contributed by atoms with Crippen molar-refractivity contribution in [1.29, 1.82) is 0 Å². The summed E-state index contributed by atoms with van der Waals surface area (Å²) in [6.07, 6.45) is 1.46. The van der Waals surface area contributed by atoms with Crippen molar-refractivity contribution in [2.45, 2.75) is 0 Å². The van der Waals surface area contributed by atoms with Crippen molar-refractivity contribution in [3.8, 4) is 16.9 Å². The number of nitrogens with zero attached hydrogens (tertiary/aromatic N) is 4. The Bertz CT molecular complexity index is 1200. The summed E-state index contributed by atoms with van der Waals surface area (Å²) in [5, 5.41) is 14.7. The van der Waals surface area contributed by atoms with Crippen LogP contribution in [-0.2, 0) is 0 Å². The van der Waals surface area contributed by atoms with Crippen LogP contribution in [0.3, 0.4) is 0 Å². The van der Waals surface area contributed by atoms with Gasteiger partial charge in [0.05, 0.1) is 5.69 Å². The highest BCUT2D eigenvalue weighted by atomic mass is 35.5. The lowest BCUT2D eigenvalue weighted by Crippen LogP contribution is -2.25. The molecule has 2 aromatic heterocycles. The number of amides is 1. The van der Waals surface area contributed by atoms with Crippen molar-refractivity contribution >= 4 is 23.3 Å². The predicted octanol–water partition coefficient (Wildman–Crippen LogP) is 3.19. The Morgan fingerprint density at radius 3 is 2.64 bits per heavy atom. The summed E-state index contributed by atoms with van der Waals surface area (Å²) in [4.78, 5) is 24.8. The molecule has 0 aliphatic rings. The Hall–Kier alpha value is -3.78. The molecule has 0 atom stereocenters. The number of anilines is 1. The Morgan fingerprint density at radius 2 is 1.86 bits per heavy atom. The number of carbonyl (C=O) groups is 1. The summed E-state index contributed by atoms with van der Waals surface area (Å²) in [6, 6.07) is 17.2. The topological polar surface area (TPSA) is 103 Å². The average molecular weight is 394 g/mol. The van der Waals surface area contributed by atoms with E-state index in [1.807, 2.05) is 18.2 Å². The van der Waals surface area contributed by atoms with Gasteiger partial charge in [0.15, 0.2) is 11.4 Å². The predicted molar refractivity (Wildman–Crippen MR) is 103 cm³/mol. The minimum absolute atomic E-state index is 0.0931. The van der Waals surface area contributed by atoms with E-state index < -0.39 is 11.3 Å². The lowest BCUT2D eigenvalue weighted by molar-refractivity contribution is 0.101. The zero-order valence-electron chi connectivity index (χ0n) is 14.2. The smallest absolute Gasteiger partial charge is 0.281 e. The maximum Gasteiger partial charge on any atom is 0.281 e. The molecule has 2 heterocycles. The van der Waals surface area contributed by atoms with Crippen LogP contribution >= 0.6 is 11.6 Å². The second-order valence-electron chi connectivity index (χ2n) is 5.73. The van der Waals surface area contributed by atoms with E-state index in [1.165, 1.54) is 16.9 Å². The molecule has 1 N–H and O–H groups in total. The van der Waals surface area contributed by atoms with Gasteiger partial charge in [0.2, 0.25) is 11.2 Å². The van der Waals surface area contributed by atoms with Gasteiger partial charge in [0.1, 0.15) is 0 Å². The van der Waals surface area contributed by atoms with E-state index in [0.29, 0.717) is 22.0 Å². The van der Waals surface area contributed by atoms with Gasteiger partial charge in [-0.1, -0.05) is 48.0 Å². The molecule has 0 bridgehead atoms. The molecule has 138 valence electrons. The van der Waals surface area contributed by atoms with Gasteiger partial charge in [0, 0.05) is 22.8 Å².